The molecule has 0 saturated heterocycles. The quantitative estimate of drug-likeness (QED) is 0.805. The SMILES string of the molecule is COc1ccc(Cl)cc1CC(N)CSc1ccccc1C. The molecule has 0 heterocycles. The minimum Gasteiger partial charge on any atom is -0.496 e. The Hall–Kier alpha value is -1.16. The zero-order valence-corrected chi connectivity index (χ0v) is 13.9. The zero-order chi connectivity index (χ0) is 15.2. The first-order valence-electron chi connectivity index (χ1n) is 6.86. The topological polar surface area (TPSA) is 35.2 Å². The van der Waals surface area contributed by atoms with Crippen LogP contribution in [0.1, 0.15) is 11.1 Å². The van der Waals surface area contributed by atoms with Gasteiger partial charge in [0.05, 0.1) is 7.11 Å². The average Bonchev–Trinajstić information content (AvgIpc) is 2.47. The summed E-state index contributed by atoms with van der Waals surface area (Å²) in [6.07, 6.45) is 0.753. The van der Waals surface area contributed by atoms with Crippen LogP contribution in [-0.2, 0) is 6.42 Å². The Morgan fingerprint density at radius 3 is 2.71 bits per heavy atom. The standard InChI is InChI=1S/C17H20ClNOS/c1-12-5-3-4-6-17(12)21-11-15(19)10-13-9-14(18)7-8-16(13)20-2/h3-9,15H,10-11,19H2,1-2H3. The van der Waals surface area contributed by atoms with E-state index in [-0.39, 0.29) is 6.04 Å². The van der Waals surface area contributed by atoms with Crippen molar-refractivity contribution in [2.24, 2.45) is 5.73 Å². The van der Waals surface area contributed by atoms with E-state index < -0.39 is 0 Å². The Bertz CT molecular complexity index is 603. The molecule has 2 rings (SSSR count). The lowest BCUT2D eigenvalue weighted by Gasteiger charge is -2.15. The molecule has 2 N–H and O–H groups in total. The Morgan fingerprint density at radius 2 is 2.00 bits per heavy atom. The molecule has 0 spiro atoms. The molecular weight excluding hydrogens is 302 g/mol. The van der Waals surface area contributed by atoms with Crippen LogP contribution >= 0.6 is 23.4 Å². The maximum Gasteiger partial charge on any atom is 0.122 e. The number of nitrogens with two attached hydrogens (primary N) is 1. The number of halogens is 1. The normalized spacial score (nSPS) is 12.2. The molecule has 2 nitrogen and oxygen atoms in total. The molecule has 0 bridgehead atoms. The first-order valence-corrected chi connectivity index (χ1v) is 8.23. The fourth-order valence-electron chi connectivity index (χ4n) is 2.16. The molecule has 1 atom stereocenters. The van der Waals surface area contributed by atoms with Gasteiger partial charge in [0.25, 0.3) is 0 Å². The van der Waals surface area contributed by atoms with Crippen LogP contribution in [0.4, 0.5) is 0 Å². The number of rotatable bonds is 6. The van der Waals surface area contributed by atoms with Crippen LogP contribution in [0.25, 0.3) is 0 Å². The van der Waals surface area contributed by atoms with E-state index >= 15 is 0 Å². The predicted molar refractivity (Wildman–Crippen MR) is 91.6 cm³/mol. The fourth-order valence-corrected chi connectivity index (χ4v) is 3.34. The number of hydrogen-bond donors (Lipinski definition) is 1. The van der Waals surface area contributed by atoms with Crippen molar-refractivity contribution < 1.29 is 4.74 Å². The van der Waals surface area contributed by atoms with Crippen LogP contribution in [0.5, 0.6) is 5.75 Å². The van der Waals surface area contributed by atoms with Gasteiger partial charge in [-0.3, -0.25) is 0 Å². The molecule has 21 heavy (non-hydrogen) atoms. The van der Waals surface area contributed by atoms with Gasteiger partial charge in [-0.1, -0.05) is 29.8 Å². The largest absolute Gasteiger partial charge is 0.496 e. The summed E-state index contributed by atoms with van der Waals surface area (Å²) in [7, 11) is 1.67. The molecule has 0 aliphatic carbocycles. The monoisotopic (exact) mass is 321 g/mol. The summed E-state index contributed by atoms with van der Waals surface area (Å²) >= 11 is 7.84. The summed E-state index contributed by atoms with van der Waals surface area (Å²) < 4.78 is 5.36. The van der Waals surface area contributed by atoms with Crippen molar-refractivity contribution in [2.45, 2.75) is 24.3 Å². The lowest BCUT2D eigenvalue weighted by molar-refractivity contribution is 0.408. The molecule has 112 valence electrons. The number of thioether (sulfide) groups is 1. The van der Waals surface area contributed by atoms with Crippen LogP contribution < -0.4 is 10.5 Å². The van der Waals surface area contributed by atoms with E-state index in [1.54, 1.807) is 18.9 Å². The zero-order valence-electron chi connectivity index (χ0n) is 12.3. The maximum atomic E-state index is 6.26. The van der Waals surface area contributed by atoms with Crippen LogP contribution in [0.15, 0.2) is 47.4 Å². The minimum absolute atomic E-state index is 0.0574. The van der Waals surface area contributed by atoms with Gasteiger partial charge >= 0.3 is 0 Å². The first kappa shape index (κ1) is 16.2. The smallest absolute Gasteiger partial charge is 0.122 e. The molecule has 0 fully saturated rings. The molecule has 0 saturated carbocycles. The van der Waals surface area contributed by atoms with Gasteiger partial charge in [0.2, 0.25) is 0 Å². The maximum absolute atomic E-state index is 6.26. The van der Waals surface area contributed by atoms with Gasteiger partial charge < -0.3 is 10.5 Å². The van der Waals surface area contributed by atoms with E-state index in [4.69, 9.17) is 22.1 Å². The molecule has 0 radical (unpaired) electrons. The number of ether oxygens (including phenoxy) is 1. The second-order valence-corrected chi connectivity index (χ2v) is 6.50. The summed E-state index contributed by atoms with van der Waals surface area (Å²) in [5.74, 6) is 1.70. The van der Waals surface area contributed by atoms with Gasteiger partial charge in [-0.05, 0) is 48.7 Å². The van der Waals surface area contributed by atoms with Crippen LogP contribution in [0.3, 0.4) is 0 Å². The summed E-state index contributed by atoms with van der Waals surface area (Å²) in [5.41, 5.74) is 8.60. The van der Waals surface area contributed by atoms with Crippen molar-refractivity contribution in [2.75, 3.05) is 12.9 Å². The van der Waals surface area contributed by atoms with Crippen molar-refractivity contribution in [3.63, 3.8) is 0 Å². The highest BCUT2D eigenvalue weighted by Gasteiger charge is 2.10. The highest BCUT2D eigenvalue weighted by molar-refractivity contribution is 7.99. The third-order valence-corrected chi connectivity index (χ3v) is 4.87. The number of methoxy groups -OCH3 is 1. The first-order chi connectivity index (χ1) is 10.1. The van der Waals surface area contributed by atoms with E-state index in [2.05, 4.69) is 31.2 Å². The van der Waals surface area contributed by atoms with Gasteiger partial charge in [-0.25, -0.2) is 0 Å². The number of aryl methyl sites for hydroxylation is 1. The van der Waals surface area contributed by atoms with Gasteiger partial charge in [0, 0.05) is 21.7 Å². The van der Waals surface area contributed by atoms with Gasteiger partial charge in [0.1, 0.15) is 5.75 Å². The third-order valence-electron chi connectivity index (χ3n) is 3.27. The van der Waals surface area contributed by atoms with Crippen molar-refractivity contribution in [1.82, 2.24) is 0 Å². The molecule has 0 amide bonds. The van der Waals surface area contributed by atoms with Gasteiger partial charge in [0.15, 0.2) is 0 Å². The molecule has 4 heteroatoms. The summed E-state index contributed by atoms with van der Waals surface area (Å²) in [6.45, 7) is 2.12. The summed E-state index contributed by atoms with van der Waals surface area (Å²) in [5, 5.41) is 0.713. The molecule has 2 aromatic carbocycles. The lowest BCUT2D eigenvalue weighted by atomic mass is 10.1. The molecule has 0 aliphatic heterocycles. The van der Waals surface area contributed by atoms with Crippen LogP contribution in [0.2, 0.25) is 5.02 Å². The fraction of sp³-hybridized carbons (Fsp3) is 0.294. The summed E-state index contributed by atoms with van der Waals surface area (Å²) in [4.78, 5) is 1.28. The Kier molecular flexibility index (Phi) is 5.97. The van der Waals surface area contributed by atoms with Crippen molar-refractivity contribution in [1.29, 1.82) is 0 Å². The van der Waals surface area contributed by atoms with Crippen molar-refractivity contribution in [3.8, 4) is 5.75 Å². The van der Waals surface area contributed by atoms with Crippen molar-refractivity contribution >= 4 is 23.4 Å². The Morgan fingerprint density at radius 1 is 1.24 bits per heavy atom. The highest BCUT2D eigenvalue weighted by Crippen LogP contribution is 2.26. The molecule has 0 aliphatic rings. The van der Waals surface area contributed by atoms with E-state index in [0.717, 1.165) is 23.5 Å². The highest BCUT2D eigenvalue weighted by atomic mass is 35.5. The molecular formula is C17H20ClNOS. The van der Waals surface area contributed by atoms with Crippen LogP contribution in [-0.4, -0.2) is 18.9 Å². The van der Waals surface area contributed by atoms with E-state index in [1.165, 1.54) is 10.5 Å². The van der Waals surface area contributed by atoms with E-state index in [1.807, 2.05) is 18.2 Å². The minimum atomic E-state index is 0.0574. The lowest BCUT2D eigenvalue weighted by Crippen LogP contribution is -2.25. The second-order valence-electron chi connectivity index (χ2n) is 5.00. The third kappa shape index (κ3) is 4.67. The van der Waals surface area contributed by atoms with Crippen molar-refractivity contribution in [3.05, 3.63) is 58.6 Å². The van der Waals surface area contributed by atoms with Gasteiger partial charge in [-0.2, -0.15) is 0 Å². The Balaban J connectivity index is 1.97. The number of benzene rings is 2. The predicted octanol–water partition coefficient (Wildman–Crippen LogP) is 4.32. The van der Waals surface area contributed by atoms with E-state index in [0.29, 0.717) is 5.02 Å². The molecule has 1 unspecified atom stereocenters. The molecule has 0 aromatic heterocycles. The van der Waals surface area contributed by atoms with Crippen LogP contribution in [0, 0.1) is 6.92 Å². The average molecular weight is 322 g/mol. The van der Waals surface area contributed by atoms with Gasteiger partial charge in [-0.15, -0.1) is 11.8 Å². The number of hydrogen-bond acceptors (Lipinski definition) is 3. The molecule has 2 aromatic rings. The summed E-state index contributed by atoms with van der Waals surface area (Å²) in [6, 6.07) is 14.1. The second kappa shape index (κ2) is 7.74. The Labute approximate surface area is 135 Å². The van der Waals surface area contributed by atoms with E-state index in [9.17, 15) is 0 Å².